The maximum Gasteiger partial charge on any atom is 0.252 e. The number of carbonyl (C=O) groups is 1. The second-order valence-corrected chi connectivity index (χ2v) is 6.30. The van der Waals surface area contributed by atoms with Gasteiger partial charge in [-0.25, -0.2) is 4.39 Å². The standard InChI is InChI=1S/C18H18FN5O2/c19-11-2-3-16-14(6-11)15(8-17(25)22-16)18(26)21-9-12-7-13-10-20-4-1-5-24(13)23-12/h2-3,6-8,20H,1,4-5,9-10H2,(H,21,26)(H,22,25). The summed E-state index contributed by atoms with van der Waals surface area (Å²) < 4.78 is 15.5. The van der Waals surface area contributed by atoms with Gasteiger partial charge in [0.05, 0.1) is 23.5 Å². The van der Waals surface area contributed by atoms with E-state index in [1.165, 1.54) is 24.3 Å². The number of hydrogen-bond donors (Lipinski definition) is 3. The van der Waals surface area contributed by atoms with Gasteiger partial charge >= 0.3 is 0 Å². The van der Waals surface area contributed by atoms with E-state index in [0.29, 0.717) is 10.9 Å². The zero-order chi connectivity index (χ0) is 18.1. The van der Waals surface area contributed by atoms with Crippen molar-refractivity contribution in [3.8, 4) is 0 Å². The lowest BCUT2D eigenvalue weighted by molar-refractivity contribution is 0.0952. The van der Waals surface area contributed by atoms with Gasteiger partial charge in [0.25, 0.3) is 5.91 Å². The lowest BCUT2D eigenvalue weighted by Crippen LogP contribution is -2.25. The summed E-state index contributed by atoms with van der Waals surface area (Å²) in [6.45, 7) is 2.79. The summed E-state index contributed by atoms with van der Waals surface area (Å²) in [6, 6.07) is 7.07. The molecule has 26 heavy (non-hydrogen) atoms. The molecule has 3 heterocycles. The van der Waals surface area contributed by atoms with Crippen molar-refractivity contribution in [2.24, 2.45) is 0 Å². The molecular weight excluding hydrogens is 337 g/mol. The zero-order valence-electron chi connectivity index (χ0n) is 14.0. The molecule has 1 amide bonds. The first-order chi connectivity index (χ1) is 12.6. The van der Waals surface area contributed by atoms with Gasteiger partial charge in [0, 0.05) is 30.1 Å². The molecule has 3 aromatic rings. The molecule has 8 heteroatoms. The smallest absolute Gasteiger partial charge is 0.252 e. The largest absolute Gasteiger partial charge is 0.346 e. The Bertz CT molecular complexity index is 1020. The van der Waals surface area contributed by atoms with Gasteiger partial charge in [-0.2, -0.15) is 5.10 Å². The van der Waals surface area contributed by atoms with E-state index in [1.807, 2.05) is 10.7 Å². The number of pyridine rings is 1. The number of hydrogen-bond acceptors (Lipinski definition) is 4. The van der Waals surface area contributed by atoms with E-state index in [1.54, 1.807) is 0 Å². The van der Waals surface area contributed by atoms with Crippen LogP contribution in [0.4, 0.5) is 4.39 Å². The third-order valence-corrected chi connectivity index (χ3v) is 4.42. The van der Waals surface area contributed by atoms with E-state index in [2.05, 4.69) is 20.7 Å². The number of benzene rings is 1. The number of rotatable bonds is 3. The average Bonchev–Trinajstić information content (AvgIpc) is 2.88. The molecule has 7 nitrogen and oxygen atoms in total. The van der Waals surface area contributed by atoms with Crippen LogP contribution in [-0.4, -0.2) is 27.2 Å². The highest BCUT2D eigenvalue weighted by Gasteiger charge is 2.15. The van der Waals surface area contributed by atoms with E-state index >= 15 is 0 Å². The van der Waals surface area contributed by atoms with Crippen molar-refractivity contribution in [2.75, 3.05) is 6.54 Å². The predicted octanol–water partition coefficient (Wildman–Crippen LogP) is 1.29. The normalized spacial score (nSPS) is 14.0. The van der Waals surface area contributed by atoms with E-state index in [0.717, 1.165) is 37.4 Å². The highest BCUT2D eigenvalue weighted by atomic mass is 19.1. The minimum atomic E-state index is -0.469. The number of H-pyrrole nitrogens is 1. The van der Waals surface area contributed by atoms with E-state index in [4.69, 9.17) is 0 Å². The lowest BCUT2D eigenvalue weighted by Gasteiger charge is -2.07. The molecular formula is C18H18FN5O2. The van der Waals surface area contributed by atoms with Crippen molar-refractivity contribution in [3.63, 3.8) is 0 Å². The molecule has 0 radical (unpaired) electrons. The van der Waals surface area contributed by atoms with Crippen LogP contribution >= 0.6 is 0 Å². The molecule has 134 valence electrons. The quantitative estimate of drug-likeness (QED) is 0.660. The number of halogens is 1. The fourth-order valence-electron chi connectivity index (χ4n) is 3.19. The number of nitrogens with zero attached hydrogens (tertiary/aromatic N) is 2. The van der Waals surface area contributed by atoms with Gasteiger partial charge in [-0.1, -0.05) is 0 Å². The molecule has 0 saturated carbocycles. The Hall–Kier alpha value is -3.00. The highest BCUT2D eigenvalue weighted by Crippen LogP contribution is 2.17. The first-order valence-corrected chi connectivity index (χ1v) is 8.47. The van der Waals surface area contributed by atoms with Gasteiger partial charge in [0.1, 0.15) is 5.82 Å². The van der Waals surface area contributed by atoms with Crippen LogP contribution in [0, 0.1) is 5.82 Å². The van der Waals surface area contributed by atoms with Gasteiger partial charge in [-0.05, 0) is 37.2 Å². The third kappa shape index (κ3) is 3.23. The van der Waals surface area contributed by atoms with Gasteiger partial charge < -0.3 is 15.6 Å². The average molecular weight is 355 g/mol. The molecule has 0 unspecified atom stereocenters. The zero-order valence-corrected chi connectivity index (χ0v) is 14.0. The third-order valence-electron chi connectivity index (χ3n) is 4.42. The number of amides is 1. The predicted molar refractivity (Wildman–Crippen MR) is 94.2 cm³/mol. The minimum Gasteiger partial charge on any atom is -0.346 e. The summed E-state index contributed by atoms with van der Waals surface area (Å²) >= 11 is 0. The molecule has 0 aliphatic carbocycles. The van der Waals surface area contributed by atoms with Crippen LogP contribution < -0.4 is 16.2 Å². The Kier molecular flexibility index (Phi) is 4.26. The number of carbonyl (C=O) groups excluding carboxylic acids is 1. The van der Waals surface area contributed by atoms with Gasteiger partial charge in [0.2, 0.25) is 5.56 Å². The van der Waals surface area contributed by atoms with Crippen LogP contribution in [0.25, 0.3) is 10.9 Å². The number of aryl methyl sites for hydroxylation is 1. The molecule has 0 saturated heterocycles. The Morgan fingerprint density at radius 3 is 3.08 bits per heavy atom. The molecule has 2 aromatic heterocycles. The van der Waals surface area contributed by atoms with E-state index in [-0.39, 0.29) is 12.1 Å². The maximum atomic E-state index is 13.6. The van der Waals surface area contributed by atoms with Gasteiger partial charge in [-0.3, -0.25) is 14.3 Å². The summed E-state index contributed by atoms with van der Waals surface area (Å²) in [5.74, 6) is -0.906. The molecule has 0 spiro atoms. The SMILES string of the molecule is O=C(NCc1cc2n(n1)CCCNC2)c1cc(=O)[nH]c2ccc(F)cc12. The molecule has 3 N–H and O–H groups in total. The van der Waals surface area contributed by atoms with E-state index in [9.17, 15) is 14.0 Å². The monoisotopic (exact) mass is 355 g/mol. The summed E-state index contributed by atoms with van der Waals surface area (Å²) in [5.41, 5.74) is 1.98. The summed E-state index contributed by atoms with van der Waals surface area (Å²) in [5, 5.41) is 11.0. The van der Waals surface area contributed by atoms with E-state index < -0.39 is 17.3 Å². The van der Waals surface area contributed by atoms with Gasteiger partial charge in [-0.15, -0.1) is 0 Å². The van der Waals surface area contributed by atoms with Crippen LogP contribution in [0.15, 0.2) is 35.1 Å². The summed E-state index contributed by atoms with van der Waals surface area (Å²) in [6.07, 6.45) is 1.00. The fraction of sp³-hybridized carbons (Fsp3) is 0.278. The first-order valence-electron chi connectivity index (χ1n) is 8.47. The Balaban J connectivity index is 1.56. The maximum absolute atomic E-state index is 13.6. The first kappa shape index (κ1) is 16.5. The number of fused-ring (bicyclic) bond motifs is 2. The fourth-order valence-corrected chi connectivity index (χ4v) is 3.19. The van der Waals surface area contributed by atoms with Crippen LogP contribution in [0.3, 0.4) is 0 Å². The Labute approximate surface area is 148 Å². The number of nitrogens with one attached hydrogen (secondary N) is 3. The second-order valence-electron chi connectivity index (χ2n) is 6.30. The molecule has 1 aliphatic rings. The lowest BCUT2D eigenvalue weighted by atomic mass is 10.1. The van der Waals surface area contributed by atoms with Gasteiger partial charge in [0.15, 0.2) is 0 Å². The number of aromatic amines is 1. The van der Waals surface area contributed by atoms with Crippen LogP contribution in [-0.2, 0) is 19.6 Å². The molecule has 0 atom stereocenters. The van der Waals surface area contributed by atoms with Crippen LogP contribution in [0.1, 0.15) is 28.2 Å². The van der Waals surface area contributed by atoms with Crippen molar-refractivity contribution < 1.29 is 9.18 Å². The van der Waals surface area contributed by atoms with Crippen molar-refractivity contribution in [3.05, 3.63) is 63.5 Å². The topological polar surface area (TPSA) is 91.8 Å². The second kappa shape index (κ2) is 6.72. The summed E-state index contributed by atoms with van der Waals surface area (Å²) in [4.78, 5) is 26.9. The molecule has 1 aromatic carbocycles. The molecule has 0 fully saturated rings. The Morgan fingerprint density at radius 2 is 2.19 bits per heavy atom. The van der Waals surface area contributed by atoms with Crippen molar-refractivity contribution in [2.45, 2.75) is 26.1 Å². The Morgan fingerprint density at radius 1 is 1.31 bits per heavy atom. The molecule has 0 bridgehead atoms. The highest BCUT2D eigenvalue weighted by molar-refractivity contribution is 6.05. The van der Waals surface area contributed by atoms with Crippen LogP contribution in [0.5, 0.6) is 0 Å². The summed E-state index contributed by atoms with van der Waals surface area (Å²) in [7, 11) is 0. The number of aromatic nitrogens is 3. The van der Waals surface area contributed by atoms with Crippen molar-refractivity contribution in [1.29, 1.82) is 0 Å². The van der Waals surface area contributed by atoms with Crippen molar-refractivity contribution >= 4 is 16.8 Å². The molecule has 4 rings (SSSR count). The molecule has 1 aliphatic heterocycles. The van der Waals surface area contributed by atoms with Crippen LogP contribution in [0.2, 0.25) is 0 Å². The van der Waals surface area contributed by atoms with Crippen molar-refractivity contribution in [1.82, 2.24) is 25.4 Å². The minimum absolute atomic E-state index is 0.144.